The summed E-state index contributed by atoms with van der Waals surface area (Å²) in [6.45, 7) is 0. The second kappa shape index (κ2) is 7.98. The zero-order valence-electron chi connectivity index (χ0n) is 14.7. The molecule has 31 heavy (non-hydrogen) atoms. The van der Waals surface area contributed by atoms with Gasteiger partial charge in [0.15, 0.2) is 5.69 Å². The van der Waals surface area contributed by atoms with E-state index < -0.39 is 46.5 Å². The van der Waals surface area contributed by atoms with E-state index in [0.717, 1.165) is 22.9 Å². The fraction of sp³-hybridized carbons (Fsp3) is 0.125. The number of nitrogens with one attached hydrogen (secondary N) is 2. The van der Waals surface area contributed by atoms with Gasteiger partial charge in [-0.25, -0.2) is 14.1 Å². The van der Waals surface area contributed by atoms with Crippen LogP contribution in [0.25, 0.3) is 16.4 Å². The van der Waals surface area contributed by atoms with Crippen molar-refractivity contribution in [2.45, 2.75) is 12.4 Å². The minimum absolute atomic E-state index is 0.161. The predicted octanol–water partition coefficient (Wildman–Crippen LogP) is 3.48. The topological polar surface area (TPSA) is 88.9 Å². The number of hydrazine groups is 1. The molecule has 7 nitrogen and oxygen atoms in total. The van der Waals surface area contributed by atoms with Crippen molar-refractivity contribution in [1.29, 1.82) is 0 Å². The van der Waals surface area contributed by atoms with Crippen LogP contribution in [-0.2, 0) is 11.0 Å². The first kappa shape index (κ1) is 22.2. The average molecular weight is 467 g/mol. The number of rotatable bonds is 3. The largest absolute Gasteiger partial charge is 0.472 e. The molecule has 0 spiro atoms. The lowest BCUT2D eigenvalue weighted by molar-refractivity contribution is -0.174. The minimum atomic E-state index is -5.26. The molecule has 0 saturated heterocycles. The Balaban J connectivity index is 1.89. The number of amides is 2. The zero-order chi connectivity index (χ0) is 23.0. The molecule has 0 bridgehead atoms. The fourth-order valence-corrected chi connectivity index (χ4v) is 2.97. The van der Waals surface area contributed by atoms with Crippen LogP contribution in [0.15, 0.2) is 35.7 Å². The lowest BCUT2D eigenvalue weighted by atomic mass is 10.1. The summed E-state index contributed by atoms with van der Waals surface area (Å²) in [5, 5.41) is 4.34. The van der Waals surface area contributed by atoms with E-state index in [4.69, 9.17) is 0 Å². The molecular formula is C16H8F7N5O2S. The summed E-state index contributed by atoms with van der Waals surface area (Å²) in [4.78, 5) is 26.2. The molecule has 0 atom stereocenters. The molecule has 15 heteroatoms. The molecule has 1 aromatic carbocycles. The van der Waals surface area contributed by atoms with Gasteiger partial charge in [-0.15, -0.1) is 11.3 Å². The first-order valence-electron chi connectivity index (χ1n) is 7.93. The lowest BCUT2D eigenvalue weighted by Crippen LogP contribution is -2.47. The van der Waals surface area contributed by atoms with Crippen molar-refractivity contribution in [3.05, 3.63) is 52.9 Å². The summed E-state index contributed by atoms with van der Waals surface area (Å²) in [6, 6.07) is 5.18. The average Bonchev–Trinajstić information content (AvgIpc) is 3.32. The number of hydrogen-bond acceptors (Lipinski definition) is 5. The SMILES string of the molecule is O=C(NNC(=O)C(F)(F)F)c1csc(-n2nc(-c3ccc(F)cc3)cc2C(F)(F)F)n1. The lowest BCUT2D eigenvalue weighted by Gasteiger charge is -2.08. The molecule has 2 amide bonds. The van der Waals surface area contributed by atoms with Crippen LogP contribution in [-0.4, -0.2) is 32.8 Å². The molecule has 0 fully saturated rings. The molecule has 0 aliphatic rings. The van der Waals surface area contributed by atoms with Gasteiger partial charge in [0.2, 0.25) is 5.13 Å². The Kier molecular flexibility index (Phi) is 5.71. The van der Waals surface area contributed by atoms with Gasteiger partial charge >= 0.3 is 18.3 Å². The summed E-state index contributed by atoms with van der Waals surface area (Å²) in [7, 11) is 0. The number of benzene rings is 1. The quantitative estimate of drug-likeness (QED) is 0.456. The second-order valence-corrected chi connectivity index (χ2v) is 6.59. The molecule has 2 N–H and O–H groups in total. The number of halogens is 7. The maximum atomic E-state index is 13.4. The third-order valence-corrected chi connectivity index (χ3v) is 4.41. The summed E-state index contributed by atoms with van der Waals surface area (Å²) < 4.78 is 90.2. The van der Waals surface area contributed by atoms with Crippen LogP contribution in [0.1, 0.15) is 16.2 Å². The minimum Gasteiger partial charge on any atom is -0.266 e. The van der Waals surface area contributed by atoms with Crippen molar-refractivity contribution in [2.75, 3.05) is 0 Å². The van der Waals surface area contributed by atoms with Gasteiger partial charge in [0.05, 0.1) is 5.69 Å². The summed E-state index contributed by atoms with van der Waals surface area (Å²) in [5.41, 5.74) is 0.756. The molecule has 2 heterocycles. The zero-order valence-corrected chi connectivity index (χ0v) is 15.5. The molecule has 0 unspecified atom stereocenters. The maximum absolute atomic E-state index is 13.4. The number of hydrogen-bond donors (Lipinski definition) is 2. The molecule has 0 aliphatic carbocycles. The Bertz CT molecular complexity index is 1120. The molecule has 164 valence electrons. The number of carbonyl (C=O) groups excluding carboxylic acids is 2. The molecule has 0 aliphatic heterocycles. The smallest absolute Gasteiger partial charge is 0.266 e. The summed E-state index contributed by atoms with van der Waals surface area (Å²) in [6.07, 6.45) is -10.1. The van der Waals surface area contributed by atoms with Crippen molar-refractivity contribution in [3.8, 4) is 16.4 Å². The predicted molar refractivity (Wildman–Crippen MR) is 91.3 cm³/mol. The highest BCUT2D eigenvalue weighted by molar-refractivity contribution is 7.12. The number of nitrogens with zero attached hydrogens (tertiary/aromatic N) is 3. The second-order valence-electron chi connectivity index (χ2n) is 5.75. The number of thiazole rings is 1. The summed E-state index contributed by atoms with van der Waals surface area (Å²) >= 11 is 0.546. The fourth-order valence-electron chi connectivity index (χ4n) is 2.20. The number of alkyl halides is 6. The molecular weight excluding hydrogens is 459 g/mol. The van der Waals surface area contributed by atoms with Crippen LogP contribution >= 0.6 is 11.3 Å². The molecule has 3 aromatic rings. The normalized spacial score (nSPS) is 12.0. The van der Waals surface area contributed by atoms with E-state index in [1.165, 1.54) is 17.6 Å². The third kappa shape index (κ3) is 4.99. The van der Waals surface area contributed by atoms with Crippen molar-refractivity contribution < 1.29 is 40.3 Å². The van der Waals surface area contributed by atoms with Crippen LogP contribution in [0.5, 0.6) is 0 Å². The molecule has 2 aromatic heterocycles. The van der Waals surface area contributed by atoms with Crippen molar-refractivity contribution in [3.63, 3.8) is 0 Å². The van der Waals surface area contributed by atoms with Gasteiger partial charge in [-0.05, 0) is 30.3 Å². The van der Waals surface area contributed by atoms with Crippen molar-refractivity contribution in [2.24, 2.45) is 0 Å². The Labute approximate surface area is 171 Å². The van der Waals surface area contributed by atoms with Crippen LogP contribution in [0.2, 0.25) is 0 Å². The molecule has 0 radical (unpaired) electrons. The number of aromatic nitrogens is 3. The van der Waals surface area contributed by atoms with Crippen LogP contribution in [0.3, 0.4) is 0 Å². The van der Waals surface area contributed by atoms with Gasteiger partial charge < -0.3 is 0 Å². The highest BCUT2D eigenvalue weighted by Crippen LogP contribution is 2.34. The summed E-state index contributed by atoms with van der Waals surface area (Å²) in [5.74, 6) is -4.35. The Morgan fingerprint density at radius 2 is 1.65 bits per heavy atom. The maximum Gasteiger partial charge on any atom is 0.472 e. The monoisotopic (exact) mass is 467 g/mol. The Morgan fingerprint density at radius 3 is 2.23 bits per heavy atom. The van der Waals surface area contributed by atoms with E-state index in [0.29, 0.717) is 22.1 Å². The molecule has 0 saturated carbocycles. The first-order chi connectivity index (χ1) is 14.4. The van der Waals surface area contributed by atoms with Gasteiger partial charge in [0, 0.05) is 10.9 Å². The van der Waals surface area contributed by atoms with E-state index in [1.807, 2.05) is 0 Å². The van der Waals surface area contributed by atoms with E-state index in [-0.39, 0.29) is 11.3 Å². The molecule has 3 rings (SSSR count). The van der Waals surface area contributed by atoms with E-state index in [1.54, 1.807) is 0 Å². The Hall–Kier alpha value is -3.49. The van der Waals surface area contributed by atoms with Gasteiger partial charge in [0.25, 0.3) is 5.91 Å². The van der Waals surface area contributed by atoms with Crippen LogP contribution in [0, 0.1) is 5.82 Å². The number of carbonyl (C=O) groups is 2. The first-order valence-corrected chi connectivity index (χ1v) is 8.81. The Morgan fingerprint density at radius 1 is 1.00 bits per heavy atom. The van der Waals surface area contributed by atoms with E-state index in [9.17, 15) is 40.3 Å². The van der Waals surface area contributed by atoms with Crippen LogP contribution in [0.4, 0.5) is 30.7 Å². The van der Waals surface area contributed by atoms with Gasteiger partial charge in [-0.3, -0.25) is 20.4 Å². The van der Waals surface area contributed by atoms with Crippen molar-refractivity contribution >= 4 is 23.2 Å². The highest BCUT2D eigenvalue weighted by Gasteiger charge is 2.39. The van der Waals surface area contributed by atoms with Crippen LogP contribution < -0.4 is 10.9 Å². The third-order valence-electron chi connectivity index (χ3n) is 3.59. The van der Waals surface area contributed by atoms with Gasteiger partial charge in [0.1, 0.15) is 11.5 Å². The highest BCUT2D eigenvalue weighted by atomic mass is 32.1. The van der Waals surface area contributed by atoms with E-state index in [2.05, 4.69) is 10.1 Å². The van der Waals surface area contributed by atoms with Crippen molar-refractivity contribution in [1.82, 2.24) is 25.6 Å². The standard InChI is InChI=1S/C16H8F7N5O2S/c17-8-3-1-7(2-4-8)9-5-11(15(18,19)20)28(27-9)14-24-10(6-31-14)12(29)25-26-13(30)16(21,22)23/h1-6H,(H,25,29)(H,26,30). The van der Waals surface area contributed by atoms with E-state index >= 15 is 0 Å². The van der Waals surface area contributed by atoms with Gasteiger partial charge in [-0.1, -0.05) is 0 Å². The van der Waals surface area contributed by atoms with Gasteiger partial charge in [-0.2, -0.15) is 31.4 Å².